The van der Waals surface area contributed by atoms with Gasteiger partial charge in [-0.15, -0.1) is 0 Å². The number of H-pyrrole nitrogens is 1. The van der Waals surface area contributed by atoms with Gasteiger partial charge in [0.05, 0.1) is 11.0 Å². The Bertz CT molecular complexity index is 601. The molecule has 0 unspecified atom stereocenters. The second-order valence-electron chi connectivity index (χ2n) is 5.65. The van der Waals surface area contributed by atoms with E-state index >= 15 is 0 Å². The van der Waals surface area contributed by atoms with Gasteiger partial charge in [-0.1, -0.05) is 13.8 Å². The van der Waals surface area contributed by atoms with Gasteiger partial charge in [-0.2, -0.15) is 0 Å². The fourth-order valence-corrected chi connectivity index (χ4v) is 1.93. The van der Waals surface area contributed by atoms with Gasteiger partial charge in [0.2, 0.25) is 5.91 Å². The van der Waals surface area contributed by atoms with Crippen LogP contribution in [0.2, 0.25) is 0 Å². The second-order valence-corrected chi connectivity index (χ2v) is 5.65. The van der Waals surface area contributed by atoms with E-state index < -0.39 is 0 Å². The number of aromatic amines is 1. The van der Waals surface area contributed by atoms with Crippen molar-refractivity contribution in [3.63, 3.8) is 0 Å². The van der Waals surface area contributed by atoms with E-state index in [9.17, 15) is 4.79 Å². The molecule has 0 saturated carbocycles. The first-order chi connectivity index (χ1) is 8.89. The zero-order valence-electron chi connectivity index (χ0n) is 11.6. The number of anilines is 1. The molecular weight excluding hydrogens is 240 g/mol. The molecule has 1 aromatic carbocycles. The summed E-state index contributed by atoms with van der Waals surface area (Å²) in [6.07, 6.45) is 0.406. The van der Waals surface area contributed by atoms with Crippen LogP contribution in [0.5, 0.6) is 0 Å². The van der Waals surface area contributed by atoms with E-state index in [1.807, 2.05) is 39.0 Å². The number of amides is 1. The number of nitrogens with two attached hydrogens (primary N) is 1. The number of benzene rings is 1. The second kappa shape index (κ2) is 5.01. The normalized spacial score (nSPS) is 11.8. The number of hydrogen-bond donors (Lipinski definition) is 3. The summed E-state index contributed by atoms with van der Waals surface area (Å²) >= 11 is 0. The summed E-state index contributed by atoms with van der Waals surface area (Å²) in [5.41, 5.74) is 8.05. The number of imidazole rings is 1. The lowest BCUT2D eigenvalue weighted by molar-refractivity contribution is -0.117. The van der Waals surface area contributed by atoms with Crippen LogP contribution in [0.3, 0.4) is 0 Å². The molecule has 0 atom stereocenters. The third-order valence-electron chi connectivity index (χ3n) is 3.08. The van der Waals surface area contributed by atoms with Crippen molar-refractivity contribution in [1.82, 2.24) is 9.97 Å². The largest absolute Gasteiger partial charge is 0.342 e. The first kappa shape index (κ1) is 13.5. The quantitative estimate of drug-likeness (QED) is 0.787. The summed E-state index contributed by atoms with van der Waals surface area (Å²) in [7, 11) is 0. The smallest absolute Gasteiger partial charge is 0.224 e. The molecule has 0 fully saturated rings. The van der Waals surface area contributed by atoms with Gasteiger partial charge in [-0.05, 0) is 37.1 Å². The first-order valence-corrected chi connectivity index (χ1v) is 6.36. The van der Waals surface area contributed by atoms with Gasteiger partial charge >= 0.3 is 0 Å². The molecule has 0 aliphatic heterocycles. The number of nitrogens with one attached hydrogen (secondary N) is 2. The number of aromatic nitrogens is 2. The Kier molecular flexibility index (Phi) is 3.57. The molecule has 5 nitrogen and oxygen atoms in total. The molecule has 2 rings (SSSR count). The summed E-state index contributed by atoms with van der Waals surface area (Å²) in [4.78, 5) is 19.4. The maximum absolute atomic E-state index is 11.9. The van der Waals surface area contributed by atoms with Crippen LogP contribution >= 0.6 is 0 Å². The average molecular weight is 260 g/mol. The topological polar surface area (TPSA) is 83.8 Å². The maximum Gasteiger partial charge on any atom is 0.224 e. The Hall–Kier alpha value is -1.88. The van der Waals surface area contributed by atoms with Crippen molar-refractivity contribution in [2.75, 3.05) is 11.9 Å². The van der Waals surface area contributed by atoms with E-state index in [1.165, 1.54) is 0 Å². The summed E-state index contributed by atoms with van der Waals surface area (Å²) in [5, 5.41) is 2.89. The van der Waals surface area contributed by atoms with Crippen LogP contribution in [-0.2, 0) is 4.79 Å². The molecule has 0 aliphatic rings. The van der Waals surface area contributed by atoms with E-state index in [0.29, 0.717) is 13.0 Å². The highest BCUT2D eigenvalue weighted by atomic mass is 16.1. The van der Waals surface area contributed by atoms with Crippen molar-refractivity contribution < 1.29 is 4.79 Å². The van der Waals surface area contributed by atoms with Crippen molar-refractivity contribution in [1.29, 1.82) is 0 Å². The number of hydrogen-bond acceptors (Lipinski definition) is 3. The zero-order valence-corrected chi connectivity index (χ0v) is 11.6. The van der Waals surface area contributed by atoms with Gasteiger partial charge in [0.25, 0.3) is 0 Å². The van der Waals surface area contributed by atoms with Crippen molar-refractivity contribution in [3.8, 4) is 0 Å². The van der Waals surface area contributed by atoms with E-state index in [-0.39, 0.29) is 11.3 Å². The van der Waals surface area contributed by atoms with Crippen LogP contribution in [0.4, 0.5) is 5.69 Å². The standard InChI is InChI=1S/C14H20N4O/c1-9-16-11-5-4-10(6-12(11)17-9)18-13(19)7-14(2,3)8-15/h4-6H,7-8,15H2,1-3H3,(H,16,17)(H,18,19). The van der Waals surface area contributed by atoms with Crippen LogP contribution in [0.15, 0.2) is 18.2 Å². The molecule has 0 aliphatic carbocycles. The summed E-state index contributed by atoms with van der Waals surface area (Å²) < 4.78 is 0. The van der Waals surface area contributed by atoms with Gasteiger partial charge in [0.15, 0.2) is 0 Å². The molecule has 19 heavy (non-hydrogen) atoms. The van der Waals surface area contributed by atoms with Crippen LogP contribution in [-0.4, -0.2) is 22.4 Å². The van der Waals surface area contributed by atoms with Gasteiger partial charge in [-0.3, -0.25) is 4.79 Å². The molecule has 102 valence electrons. The predicted molar refractivity (Wildman–Crippen MR) is 76.9 cm³/mol. The summed E-state index contributed by atoms with van der Waals surface area (Å²) in [5.74, 6) is 0.841. The third kappa shape index (κ3) is 3.32. The van der Waals surface area contributed by atoms with Crippen molar-refractivity contribution in [3.05, 3.63) is 24.0 Å². The summed E-state index contributed by atoms with van der Waals surface area (Å²) in [6, 6.07) is 5.64. The highest BCUT2D eigenvalue weighted by Crippen LogP contribution is 2.21. The number of carbonyl (C=O) groups excluding carboxylic acids is 1. The van der Waals surface area contributed by atoms with Gasteiger partial charge in [0, 0.05) is 12.1 Å². The molecule has 1 aromatic heterocycles. The van der Waals surface area contributed by atoms with Crippen LogP contribution in [0.25, 0.3) is 11.0 Å². The molecule has 4 N–H and O–H groups in total. The lowest BCUT2D eigenvalue weighted by Crippen LogP contribution is -2.29. The minimum atomic E-state index is -0.182. The van der Waals surface area contributed by atoms with Crippen LogP contribution in [0, 0.1) is 12.3 Å². The molecule has 0 bridgehead atoms. The number of nitrogens with zero attached hydrogens (tertiary/aromatic N) is 1. The van der Waals surface area contributed by atoms with Crippen molar-refractivity contribution in [2.24, 2.45) is 11.1 Å². The predicted octanol–water partition coefficient (Wildman–Crippen LogP) is 2.18. The van der Waals surface area contributed by atoms with Gasteiger partial charge in [0.1, 0.15) is 5.82 Å². The molecule has 0 saturated heterocycles. The Morgan fingerprint density at radius 1 is 1.47 bits per heavy atom. The van der Waals surface area contributed by atoms with E-state index in [0.717, 1.165) is 22.5 Å². The summed E-state index contributed by atoms with van der Waals surface area (Å²) in [6.45, 7) is 6.35. The molecule has 1 heterocycles. The molecule has 0 radical (unpaired) electrons. The molecular formula is C14H20N4O. The van der Waals surface area contributed by atoms with Crippen LogP contribution in [0.1, 0.15) is 26.1 Å². The van der Waals surface area contributed by atoms with Gasteiger partial charge in [-0.25, -0.2) is 4.98 Å². The first-order valence-electron chi connectivity index (χ1n) is 6.36. The van der Waals surface area contributed by atoms with Gasteiger partial charge < -0.3 is 16.0 Å². The minimum Gasteiger partial charge on any atom is -0.342 e. The molecule has 0 spiro atoms. The maximum atomic E-state index is 11.9. The van der Waals surface area contributed by atoms with E-state index in [2.05, 4.69) is 15.3 Å². The van der Waals surface area contributed by atoms with Crippen LogP contribution < -0.4 is 11.1 Å². The van der Waals surface area contributed by atoms with Crippen molar-refractivity contribution in [2.45, 2.75) is 27.2 Å². The van der Waals surface area contributed by atoms with E-state index in [4.69, 9.17) is 5.73 Å². The number of rotatable bonds is 4. The Morgan fingerprint density at radius 2 is 2.21 bits per heavy atom. The zero-order chi connectivity index (χ0) is 14.0. The van der Waals surface area contributed by atoms with Crippen molar-refractivity contribution >= 4 is 22.6 Å². The Morgan fingerprint density at radius 3 is 2.89 bits per heavy atom. The van der Waals surface area contributed by atoms with E-state index in [1.54, 1.807) is 0 Å². The monoisotopic (exact) mass is 260 g/mol. The lowest BCUT2D eigenvalue weighted by Gasteiger charge is -2.21. The molecule has 1 amide bonds. The average Bonchev–Trinajstić information content (AvgIpc) is 2.67. The highest BCUT2D eigenvalue weighted by Gasteiger charge is 2.20. The number of aryl methyl sites for hydroxylation is 1. The number of fused-ring (bicyclic) bond motifs is 1. The highest BCUT2D eigenvalue weighted by molar-refractivity contribution is 5.93. The number of carbonyl (C=O) groups is 1. The molecule has 2 aromatic rings. The third-order valence-corrected chi connectivity index (χ3v) is 3.08. The minimum absolute atomic E-state index is 0.0222. The lowest BCUT2D eigenvalue weighted by atomic mass is 9.89. The Balaban J connectivity index is 2.10. The SMILES string of the molecule is Cc1nc2ccc(NC(=O)CC(C)(C)CN)cc2[nH]1. The molecule has 5 heteroatoms. The fraction of sp³-hybridized carbons (Fsp3) is 0.429. The fourth-order valence-electron chi connectivity index (χ4n) is 1.93. The Labute approximate surface area is 112 Å².